The molecule has 1 aromatic carbocycles. The van der Waals surface area contributed by atoms with Crippen LogP contribution in [0.2, 0.25) is 0 Å². The second-order valence-corrected chi connectivity index (χ2v) is 7.41. The molecule has 1 aliphatic carbocycles. The molecule has 1 saturated carbocycles. The maximum Gasteiger partial charge on any atom is 0.253 e. The van der Waals surface area contributed by atoms with Crippen LogP contribution in [0.3, 0.4) is 0 Å². The molecule has 0 aromatic heterocycles. The summed E-state index contributed by atoms with van der Waals surface area (Å²) in [5, 5.41) is 0. The molecule has 0 atom stereocenters. The van der Waals surface area contributed by atoms with Crippen molar-refractivity contribution in [1.82, 2.24) is 14.7 Å². The third-order valence-corrected chi connectivity index (χ3v) is 5.22. The van der Waals surface area contributed by atoms with Crippen molar-refractivity contribution in [2.45, 2.75) is 31.8 Å². The fraction of sp³-hybridized carbons (Fsp3) is 0.600. The molecule has 1 aromatic rings. The van der Waals surface area contributed by atoms with E-state index in [1.54, 1.807) is 19.0 Å². The van der Waals surface area contributed by atoms with E-state index in [0.29, 0.717) is 31.3 Å². The number of benzene rings is 1. The van der Waals surface area contributed by atoms with E-state index in [-0.39, 0.29) is 11.8 Å². The number of amides is 2. The maximum absolute atomic E-state index is 12.7. The zero-order valence-electron chi connectivity index (χ0n) is 15.8. The van der Waals surface area contributed by atoms with Crippen LogP contribution in [-0.2, 0) is 4.79 Å². The number of carbonyl (C=O) groups is 2. The first-order valence-corrected chi connectivity index (χ1v) is 9.51. The normalized spacial score (nSPS) is 18.8. The van der Waals surface area contributed by atoms with Crippen molar-refractivity contribution in [2.24, 2.45) is 0 Å². The molecule has 0 spiro atoms. The molecular formula is C20H29N3O3. The molecule has 0 unspecified atom stereocenters. The number of ether oxygens (including phenoxy) is 1. The number of hydrogen-bond acceptors (Lipinski definition) is 4. The maximum atomic E-state index is 12.7. The number of piperazine rings is 1. The van der Waals surface area contributed by atoms with Gasteiger partial charge >= 0.3 is 0 Å². The van der Waals surface area contributed by atoms with Crippen LogP contribution in [0.1, 0.15) is 36.0 Å². The third-order valence-electron chi connectivity index (χ3n) is 5.22. The van der Waals surface area contributed by atoms with Crippen LogP contribution in [0, 0.1) is 0 Å². The number of rotatable bonds is 5. The van der Waals surface area contributed by atoms with E-state index in [1.807, 2.05) is 29.2 Å². The van der Waals surface area contributed by atoms with Gasteiger partial charge in [-0.05, 0) is 49.9 Å². The van der Waals surface area contributed by atoms with Crippen LogP contribution in [0.15, 0.2) is 24.3 Å². The van der Waals surface area contributed by atoms with Crippen LogP contribution < -0.4 is 4.74 Å². The Morgan fingerprint density at radius 3 is 2.23 bits per heavy atom. The summed E-state index contributed by atoms with van der Waals surface area (Å²) >= 11 is 0. The Bertz CT molecular complexity index is 616. The second-order valence-electron chi connectivity index (χ2n) is 7.41. The van der Waals surface area contributed by atoms with E-state index in [1.165, 1.54) is 12.8 Å². The van der Waals surface area contributed by atoms with Gasteiger partial charge in [-0.25, -0.2) is 0 Å². The van der Waals surface area contributed by atoms with E-state index < -0.39 is 0 Å². The Morgan fingerprint density at radius 1 is 1.04 bits per heavy atom. The fourth-order valence-electron chi connectivity index (χ4n) is 3.50. The van der Waals surface area contributed by atoms with Gasteiger partial charge in [-0.1, -0.05) is 0 Å². The minimum absolute atomic E-state index is 0.0519. The first kappa shape index (κ1) is 18.7. The molecular weight excluding hydrogens is 330 g/mol. The van der Waals surface area contributed by atoms with Crippen molar-refractivity contribution in [1.29, 1.82) is 0 Å². The van der Waals surface area contributed by atoms with Crippen LogP contribution in [0.4, 0.5) is 0 Å². The molecule has 2 aliphatic rings. The molecule has 6 heteroatoms. The van der Waals surface area contributed by atoms with Crippen molar-refractivity contribution in [3.63, 3.8) is 0 Å². The fourth-order valence-corrected chi connectivity index (χ4v) is 3.50. The summed E-state index contributed by atoms with van der Waals surface area (Å²) in [6.07, 6.45) is 5.07. The van der Waals surface area contributed by atoms with Gasteiger partial charge in [0, 0.05) is 45.8 Å². The van der Waals surface area contributed by atoms with Crippen molar-refractivity contribution in [3.8, 4) is 5.75 Å². The molecule has 6 nitrogen and oxygen atoms in total. The highest BCUT2D eigenvalue weighted by atomic mass is 16.5. The second kappa shape index (κ2) is 8.54. The van der Waals surface area contributed by atoms with Crippen LogP contribution >= 0.6 is 0 Å². The standard InChI is InChI=1S/C20H29N3O3/c1-21(2)19(24)15-22-11-13-23(14-12-22)20(25)16-7-9-18(10-8-16)26-17-5-3-4-6-17/h7-10,17H,3-6,11-15H2,1-2H3. The van der Waals surface area contributed by atoms with E-state index in [2.05, 4.69) is 4.90 Å². The molecule has 0 N–H and O–H groups in total. The monoisotopic (exact) mass is 359 g/mol. The third kappa shape index (κ3) is 4.75. The van der Waals surface area contributed by atoms with Gasteiger partial charge in [0.2, 0.25) is 5.91 Å². The van der Waals surface area contributed by atoms with E-state index in [9.17, 15) is 9.59 Å². The zero-order valence-corrected chi connectivity index (χ0v) is 15.8. The predicted molar refractivity (Wildman–Crippen MR) is 100 cm³/mol. The van der Waals surface area contributed by atoms with E-state index >= 15 is 0 Å². The van der Waals surface area contributed by atoms with Crippen molar-refractivity contribution in [3.05, 3.63) is 29.8 Å². The topological polar surface area (TPSA) is 53.1 Å². The molecule has 1 heterocycles. The minimum Gasteiger partial charge on any atom is -0.490 e. The summed E-state index contributed by atoms with van der Waals surface area (Å²) in [4.78, 5) is 30.0. The van der Waals surface area contributed by atoms with Gasteiger partial charge in [0.05, 0.1) is 12.6 Å². The molecule has 1 aliphatic heterocycles. The summed E-state index contributed by atoms with van der Waals surface area (Å²) in [5.74, 6) is 0.999. The van der Waals surface area contributed by atoms with Crippen molar-refractivity contribution in [2.75, 3.05) is 46.8 Å². The SMILES string of the molecule is CN(C)C(=O)CN1CCN(C(=O)c2ccc(OC3CCCC3)cc2)CC1. The highest BCUT2D eigenvalue weighted by Gasteiger charge is 2.24. The van der Waals surface area contributed by atoms with Crippen molar-refractivity contribution >= 4 is 11.8 Å². The molecule has 2 fully saturated rings. The quantitative estimate of drug-likeness (QED) is 0.805. The Morgan fingerprint density at radius 2 is 1.65 bits per heavy atom. The van der Waals surface area contributed by atoms with E-state index in [0.717, 1.165) is 31.7 Å². The Hall–Kier alpha value is -2.08. The lowest BCUT2D eigenvalue weighted by Gasteiger charge is -2.34. The molecule has 0 bridgehead atoms. The molecule has 2 amide bonds. The van der Waals surface area contributed by atoms with Crippen LogP contribution in [0.25, 0.3) is 0 Å². The summed E-state index contributed by atoms with van der Waals surface area (Å²) in [6.45, 7) is 3.18. The number of carbonyl (C=O) groups excluding carboxylic acids is 2. The first-order valence-electron chi connectivity index (χ1n) is 9.51. The summed E-state index contributed by atoms with van der Waals surface area (Å²) < 4.78 is 5.96. The van der Waals surface area contributed by atoms with Gasteiger partial charge in [-0.2, -0.15) is 0 Å². The van der Waals surface area contributed by atoms with E-state index in [4.69, 9.17) is 4.74 Å². The van der Waals surface area contributed by atoms with Crippen LogP contribution in [0.5, 0.6) is 5.75 Å². The largest absolute Gasteiger partial charge is 0.490 e. The highest BCUT2D eigenvalue weighted by Crippen LogP contribution is 2.24. The lowest BCUT2D eigenvalue weighted by Crippen LogP contribution is -2.51. The Labute approximate surface area is 155 Å². The average Bonchev–Trinajstić information content (AvgIpc) is 3.15. The number of nitrogens with zero attached hydrogens (tertiary/aromatic N) is 3. The number of hydrogen-bond donors (Lipinski definition) is 0. The van der Waals surface area contributed by atoms with Crippen molar-refractivity contribution < 1.29 is 14.3 Å². The van der Waals surface area contributed by atoms with Gasteiger partial charge in [0.1, 0.15) is 5.75 Å². The van der Waals surface area contributed by atoms with Gasteiger partial charge in [0.25, 0.3) is 5.91 Å². The lowest BCUT2D eigenvalue weighted by molar-refractivity contribution is -0.130. The molecule has 1 saturated heterocycles. The Balaban J connectivity index is 1.49. The zero-order chi connectivity index (χ0) is 18.5. The van der Waals surface area contributed by atoms with Gasteiger partial charge in [0.15, 0.2) is 0 Å². The minimum atomic E-state index is 0.0519. The van der Waals surface area contributed by atoms with Crippen LogP contribution in [-0.4, -0.2) is 79.4 Å². The molecule has 0 radical (unpaired) electrons. The average molecular weight is 359 g/mol. The number of likely N-dealkylation sites (N-methyl/N-ethyl adjacent to an activating group) is 1. The smallest absolute Gasteiger partial charge is 0.253 e. The van der Waals surface area contributed by atoms with Gasteiger partial charge in [-0.3, -0.25) is 14.5 Å². The lowest BCUT2D eigenvalue weighted by atomic mass is 10.1. The molecule has 3 rings (SSSR count). The predicted octanol–water partition coefficient (Wildman–Crippen LogP) is 1.85. The molecule has 142 valence electrons. The van der Waals surface area contributed by atoms with Gasteiger partial charge in [-0.15, -0.1) is 0 Å². The molecule has 26 heavy (non-hydrogen) atoms. The first-order chi connectivity index (χ1) is 12.5. The summed E-state index contributed by atoms with van der Waals surface area (Å²) in [5.41, 5.74) is 0.696. The summed E-state index contributed by atoms with van der Waals surface area (Å²) in [6, 6.07) is 7.51. The van der Waals surface area contributed by atoms with Gasteiger partial charge < -0.3 is 14.5 Å². The highest BCUT2D eigenvalue weighted by molar-refractivity contribution is 5.94. The summed E-state index contributed by atoms with van der Waals surface area (Å²) in [7, 11) is 3.53. The Kier molecular flexibility index (Phi) is 6.14.